The summed E-state index contributed by atoms with van der Waals surface area (Å²) in [6, 6.07) is 10.0. The number of nitrogens with one attached hydrogen (secondary N) is 1. The maximum Gasteiger partial charge on any atom is 0.141 e. The Bertz CT molecular complexity index is 621. The molecule has 2 aromatic rings. The van der Waals surface area contributed by atoms with Crippen molar-refractivity contribution in [3.63, 3.8) is 0 Å². The molecule has 0 aliphatic heterocycles. The van der Waals surface area contributed by atoms with Crippen LogP contribution in [0.3, 0.4) is 0 Å². The highest BCUT2D eigenvalue weighted by atomic mass is 79.9. The van der Waals surface area contributed by atoms with Crippen LogP contribution in [0.25, 0.3) is 0 Å². The van der Waals surface area contributed by atoms with Crippen molar-refractivity contribution in [1.82, 2.24) is 5.43 Å². The van der Waals surface area contributed by atoms with E-state index in [2.05, 4.69) is 21.4 Å². The number of hydrazine groups is 1. The molecule has 0 saturated carbocycles. The molecule has 0 amide bonds. The Hall–Kier alpha value is -1.14. The van der Waals surface area contributed by atoms with Crippen molar-refractivity contribution < 1.29 is 4.39 Å². The van der Waals surface area contributed by atoms with E-state index in [4.69, 9.17) is 23.2 Å². The van der Waals surface area contributed by atoms with Crippen molar-refractivity contribution in [1.29, 1.82) is 0 Å². The van der Waals surface area contributed by atoms with Gasteiger partial charge in [0.1, 0.15) is 5.82 Å². The van der Waals surface area contributed by atoms with Gasteiger partial charge in [-0.1, -0.05) is 33.6 Å². The average Bonchev–Trinajstić information content (AvgIpc) is 2.43. The van der Waals surface area contributed by atoms with Gasteiger partial charge in [-0.05, 0) is 47.9 Å². The molecule has 1 atom stereocenters. The molecule has 0 aromatic heterocycles. The van der Waals surface area contributed by atoms with Gasteiger partial charge in [-0.3, -0.25) is 11.3 Å². The van der Waals surface area contributed by atoms with E-state index in [-0.39, 0.29) is 11.1 Å². The molecule has 0 aliphatic rings. The van der Waals surface area contributed by atoms with E-state index in [1.165, 1.54) is 6.07 Å². The first-order chi connectivity index (χ1) is 9.51. The number of rotatable bonds is 4. The molecule has 0 spiro atoms. The van der Waals surface area contributed by atoms with E-state index < -0.39 is 5.82 Å². The van der Waals surface area contributed by atoms with Crippen LogP contribution in [-0.4, -0.2) is 0 Å². The highest BCUT2D eigenvalue weighted by Gasteiger charge is 2.15. The van der Waals surface area contributed by atoms with Gasteiger partial charge < -0.3 is 5.73 Å². The first-order valence-corrected chi connectivity index (χ1v) is 7.13. The fraction of sp³-hybridized carbons (Fsp3) is 0.143. The minimum absolute atomic E-state index is 0.0977. The van der Waals surface area contributed by atoms with Crippen molar-refractivity contribution in [3.8, 4) is 0 Å². The summed E-state index contributed by atoms with van der Waals surface area (Å²) in [4.78, 5) is 0. The predicted molar refractivity (Wildman–Crippen MR) is 83.7 cm³/mol. The van der Waals surface area contributed by atoms with Crippen molar-refractivity contribution in [2.75, 3.05) is 5.73 Å². The molecule has 6 heteroatoms. The lowest BCUT2D eigenvalue weighted by Crippen LogP contribution is -2.30. The number of hydrogen-bond donors (Lipinski definition) is 3. The third-order valence-electron chi connectivity index (χ3n) is 3.05. The third kappa shape index (κ3) is 3.49. The van der Waals surface area contributed by atoms with Gasteiger partial charge in [0.2, 0.25) is 0 Å². The van der Waals surface area contributed by atoms with Crippen molar-refractivity contribution >= 4 is 33.2 Å². The normalized spacial score (nSPS) is 12.4. The van der Waals surface area contributed by atoms with Gasteiger partial charge >= 0.3 is 0 Å². The molecule has 0 bridgehead atoms. The van der Waals surface area contributed by atoms with E-state index >= 15 is 0 Å². The number of hydrogen-bond acceptors (Lipinski definition) is 3. The maximum atomic E-state index is 13.2. The Kier molecular flexibility index (Phi) is 4.99. The zero-order valence-corrected chi connectivity index (χ0v) is 12.9. The first kappa shape index (κ1) is 15.3. The van der Waals surface area contributed by atoms with Crippen LogP contribution in [0.5, 0.6) is 0 Å². The van der Waals surface area contributed by atoms with Crippen LogP contribution in [0.15, 0.2) is 40.9 Å². The van der Waals surface area contributed by atoms with Gasteiger partial charge in [-0.15, -0.1) is 0 Å². The molecular weight excluding hydrogens is 345 g/mol. The summed E-state index contributed by atoms with van der Waals surface area (Å²) in [7, 11) is 0. The van der Waals surface area contributed by atoms with Crippen LogP contribution in [0, 0.1) is 5.82 Å². The van der Waals surface area contributed by atoms with Gasteiger partial charge in [0.25, 0.3) is 0 Å². The van der Waals surface area contributed by atoms with Crippen LogP contribution in [0.4, 0.5) is 10.1 Å². The summed E-state index contributed by atoms with van der Waals surface area (Å²) in [6.07, 6.45) is 0.553. The van der Waals surface area contributed by atoms with Gasteiger partial charge in [-0.2, -0.15) is 0 Å². The molecule has 20 heavy (non-hydrogen) atoms. The van der Waals surface area contributed by atoms with E-state index in [0.29, 0.717) is 12.1 Å². The Labute approximate surface area is 130 Å². The Morgan fingerprint density at radius 3 is 2.65 bits per heavy atom. The van der Waals surface area contributed by atoms with Crippen LogP contribution < -0.4 is 17.0 Å². The molecule has 106 valence electrons. The third-order valence-corrected chi connectivity index (χ3v) is 3.83. The number of anilines is 1. The fourth-order valence-electron chi connectivity index (χ4n) is 2.01. The lowest BCUT2D eigenvalue weighted by Gasteiger charge is -2.19. The highest BCUT2D eigenvalue weighted by molar-refractivity contribution is 9.10. The lowest BCUT2D eigenvalue weighted by atomic mass is 9.98. The minimum Gasteiger partial charge on any atom is -0.398 e. The van der Waals surface area contributed by atoms with Gasteiger partial charge in [0, 0.05) is 10.2 Å². The van der Waals surface area contributed by atoms with Gasteiger partial charge in [-0.25, -0.2) is 4.39 Å². The largest absolute Gasteiger partial charge is 0.398 e. The van der Waals surface area contributed by atoms with E-state index in [9.17, 15) is 4.39 Å². The summed E-state index contributed by atoms with van der Waals surface area (Å²) >= 11 is 9.19. The second-order valence-electron chi connectivity index (χ2n) is 4.45. The topological polar surface area (TPSA) is 64.1 Å². The molecule has 3 nitrogen and oxygen atoms in total. The summed E-state index contributed by atoms with van der Waals surface area (Å²) in [6.45, 7) is 0. The fourth-order valence-corrected chi connectivity index (χ4v) is 2.59. The zero-order chi connectivity index (χ0) is 14.7. The number of benzene rings is 2. The lowest BCUT2D eigenvalue weighted by molar-refractivity contribution is 0.552. The smallest absolute Gasteiger partial charge is 0.141 e. The summed E-state index contributed by atoms with van der Waals surface area (Å²) < 4.78 is 14.1. The summed E-state index contributed by atoms with van der Waals surface area (Å²) in [5, 5.41) is 0.0977. The van der Waals surface area contributed by atoms with Crippen molar-refractivity contribution in [3.05, 3.63) is 62.8 Å². The number of nitrogen functional groups attached to an aromatic ring is 1. The molecular formula is C14H14BrClFN3. The Balaban J connectivity index is 2.28. The number of halogens is 3. The molecule has 0 fully saturated rings. The quantitative estimate of drug-likeness (QED) is 0.445. The van der Waals surface area contributed by atoms with Crippen molar-refractivity contribution in [2.24, 2.45) is 5.84 Å². The molecule has 0 aliphatic carbocycles. The second kappa shape index (κ2) is 6.54. The average molecular weight is 359 g/mol. The van der Waals surface area contributed by atoms with Crippen LogP contribution in [0.2, 0.25) is 5.02 Å². The van der Waals surface area contributed by atoms with E-state index in [1.807, 2.05) is 12.1 Å². The minimum atomic E-state index is -0.436. The van der Waals surface area contributed by atoms with Crippen molar-refractivity contribution in [2.45, 2.75) is 12.5 Å². The summed E-state index contributed by atoms with van der Waals surface area (Å²) in [5.41, 5.74) is 11.1. The standard InChI is InChI=1S/C14H14BrClFN3/c15-9-2-4-13(18)10(7-9)14(20-19)6-8-1-3-12(17)11(16)5-8/h1-5,7,14,20H,6,18-19H2. The van der Waals surface area contributed by atoms with Crippen LogP contribution in [-0.2, 0) is 6.42 Å². The zero-order valence-electron chi connectivity index (χ0n) is 10.5. The number of nitrogens with two attached hydrogens (primary N) is 2. The Morgan fingerprint density at radius 1 is 1.25 bits per heavy atom. The van der Waals surface area contributed by atoms with Crippen LogP contribution in [0.1, 0.15) is 17.2 Å². The molecule has 2 aromatic carbocycles. The molecule has 1 unspecified atom stereocenters. The maximum absolute atomic E-state index is 13.2. The predicted octanol–water partition coefficient (Wildman–Crippen LogP) is 3.57. The molecule has 0 radical (unpaired) electrons. The monoisotopic (exact) mass is 357 g/mol. The Morgan fingerprint density at radius 2 is 2.00 bits per heavy atom. The molecule has 5 N–H and O–H groups in total. The van der Waals surface area contributed by atoms with Gasteiger partial charge in [0.15, 0.2) is 0 Å². The first-order valence-electron chi connectivity index (χ1n) is 5.96. The van der Waals surface area contributed by atoms with Gasteiger partial charge in [0.05, 0.1) is 11.1 Å². The molecule has 0 heterocycles. The SMILES string of the molecule is NNC(Cc1ccc(F)c(Cl)c1)c1cc(Br)ccc1N. The van der Waals surface area contributed by atoms with Crippen LogP contribution >= 0.6 is 27.5 Å². The van der Waals surface area contributed by atoms with E-state index in [0.717, 1.165) is 15.6 Å². The highest BCUT2D eigenvalue weighted by Crippen LogP contribution is 2.27. The molecule has 2 rings (SSSR count). The van der Waals surface area contributed by atoms with E-state index in [1.54, 1.807) is 18.2 Å². The second-order valence-corrected chi connectivity index (χ2v) is 5.77. The summed E-state index contributed by atoms with van der Waals surface area (Å²) in [5.74, 6) is 5.18. The molecule has 0 saturated heterocycles.